The van der Waals surface area contributed by atoms with Crippen molar-refractivity contribution < 1.29 is 19.4 Å². The summed E-state index contributed by atoms with van der Waals surface area (Å²) >= 11 is 1.50. The fourth-order valence-corrected chi connectivity index (χ4v) is 4.67. The van der Waals surface area contributed by atoms with Crippen molar-refractivity contribution in [3.05, 3.63) is 54.1 Å². The van der Waals surface area contributed by atoms with Crippen LogP contribution in [0.2, 0.25) is 0 Å². The number of morpholine rings is 1. The molecular formula is C25H31N5O4S. The van der Waals surface area contributed by atoms with Gasteiger partial charge in [-0.1, -0.05) is 29.8 Å². The molecule has 0 amide bonds. The number of anilines is 2. The van der Waals surface area contributed by atoms with Crippen molar-refractivity contribution >= 4 is 27.3 Å². The lowest BCUT2D eigenvalue weighted by Gasteiger charge is -2.28. The van der Waals surface area contributed by atoms with Crippen LogP contribution in [0.3, 0.4) is 0 Å². The normalized spacial score (nSPS) is 15.1. The Morgan fingerprint density at radius 3 is 2.34 bits per heavy atom. The van der Waals surface area contributed by atoms with Gasteiger partial charge in [-0.2, -0.15) is 0 Å². The number of hydrogen-bond acceptors (Lipinski definition) is 9. The van der Waals surface area contributed by atoms with Gasteiger partial charge in [-0.3, -0.25) is 0 Å². The Morgan fingerprint density at radius 1 is 1.11 bits per heavy atom. The minimum absolute atomic E-state index is 0.0501. The third-order valence-corrected chi connectivity index (χ3v) is 6.58. The zero-order chi connectivity index (χ0) is 24.6. The number of unbranched alkanes of at least 4 members (excludes halogenated alkanes) is 1. The smallest absolute Gasteiger partial charge is 0.241 e. The first kappa shape index (κ1) is 24.6. The molecule has 0 aliphatic carbocycles. The number of rotatable bonds is 10. The lowest BCUT2D eigenvalue weighted by atomic mass is 10.1. The summed E-state index contributed by atoms with van der Waals surface area (Å²) in [7, 11) is 0. The monoisotopic (exact) mass is 497 g/mol. The van der Waals surface area contributed by atoms with Gasteiger partial charge in [0, 0.05) is 30.6 Å². The highest BCUT2D eigenvalue weighted by atomic mass is 32.1. The minimum atomic E-state index is -0.450. The molecule has 186 valence electrons. The van der Waals surface area contributed by atoms with Crippen LogP contribution in [-0.2, 0) is 4.74 Å². The lowest BCUT2D eigenvalue weighted by Crippen LogP contribution is -2.35. The highest BCUT2D eigenvalue weighted by Crippen LogP contribution is 2.38. The van der Waals surface area contributed by atoms with Crippen LogP contribution in [0.1, 0.15) is 31.7 Å². The number of amidine groups is 1. The van der Waals surface area contributed by atoms with Crippen molar-refractivity contribution in [1.29, 1.82) is 0 Å². The van der Waals surface area contributed by atoms with E-state index in [-0.39, 0.29) is 5.84 Å². The molecule has 2 heterocycles. The molecule has 0 spiro atoms. The molecule has 1 atom stereocenters. The zero-order valence-corrected chi connectivity index (χ0v) is 20.5. The number of nitrogens with zero attached hydrogens (tertiary/aromatic N) is 3. The van der Waals surface area contributed by atoms with Crippen molar-refractivity contribution in [2.45, 2.75) is 32.5 Å². The van der Waals surface area contributed by atoms with Crippen molar-refractivity contribution in [3.8, 4) is 22.8 Å². The Morgan fingerprint density at radius 2 is 1.74 bits per heavy atom. The Kier molecular flexibility index (Phi) is 8.27. The summed E-state index contributed by atoms with van der Waals surface area (Å²) in [5.74, 6) is 1.40. The molecule has 3 aromatic rings. The maximum Gasteiger partial charge on any atom is 0.241 e. The summed E-state index contributed by atoms with van der Waals surface area (Å²) in [6, 6.07) is 14.9. The van der Waals surface area contributed by atoms with Gasteiger partial charge < -0.3 is 35.8 Å². The van der Waals surface area contributed by atoms with Crippen LogP contribution in [-0.4, -0.2) is 48.6 Å². The van der Waals surface area contributed by atoms with Gasteiger partial charge >= 0.3 is 0 Å². The molecule has 5 N–H and O–H groups in total. The Labute approximate surface area is 208 Å². The van der Waals surface area contributed by atoms with E-state index in [2.05, 4.69) is 22.0 Å². The van der Waals surface area contributed by atoms with Gasteiger partial charge in [0.2, 0.25) is 6.29 Å². The highest BCUT2D eigenvalue weighted by Gasteiger charge is 2.20. The van der Waals surface area contributed by atoms with Gasteiger partial charge in [-0.25, -0.2) is 4.98 Å². The van der Waals surface area contributed by atoms with Crippen molar-refractivity contribution in [3.63, 3.8) is 0 Å². The van der Waals surface area contributed by atoms with Crippen molar-refractivity contribution in [1.82, 2.24) is 4.98 Å². The molecule has 1 aliphatic heterocycles. The van der Waals surface area contributed by atoms with Gasteiger partial charge in [0.15, 0.2) is 11.0 Å². The number of nitrogen functional groups attached to an aromatic ring is 1. The average Bonchev–Trinajstić information content (AvgIpc) is 3.29. The third kappa shape index (κ3) is 6.34. The molecule has 1 fully saturated rings. The summed E-state index contributed by atoms with van der Waals surface area (Å²) in [4.78, 5) is 6.86. The van der Waals surface area contributed by atoms with E-state index < -0.39 is 6.29 Å². The molecule has 0 bridgehead atoms. The zero-order valence-electron chi connectivity index (χ0n) is 19.7. The Hall–Kier alpha value is -3.50. The first-order chi connectivity index (χ1) is 17.1. The van der Waals surface area contributed by atoms with E-state index in [0.717, 1.165) is 48.6 Å². The van der Waals surface area contributed by atoms with Gasteiger partial charge in [0.25, 0.3) is 0 Å². The van der Waals surface area contributed by atoms with E-state index in [4.69, 9.17) is 30.9 Å². The molecule has 1 aromatic heterocycles. The number of nitrogens with two attached hydrogens (primary N) is 2. The molecule has 0 radical (unpaired) electrons. The fraction of sp³-hybridized carbons (Fsp3) is 0.360. The molecule has 1 unspecified atom stereocenters. The maximum atomic E-state index is 8.83. The van der Waals surface area contributed by atoms with Crippen LogP contribution in [0.25, 0.3) is 11.3 Å². The molecular weight excluding hydrogens is 466 g/mol. The third-order valence-electron chi connectivity index (χ3n) is 5.64. The number of hydrogen-bond donors (Lipinski definition) is 3. The summed E-state index contributed by atoms with van der Waals surface area (Å²) < 4.78 is 17.8. The molecule has 0 saturated carbocycles. The second kappa shape index (κ2) is 11.8. The molecule has 1 aliphatic rings. The quantitative estimate of drug-likeness (QED) is 0.124. The molecule has 9 nitrogen and oxygen atoms in total. The summed E-state index contributed by atoms with van der Waals surface area (Å²) in [5.41, 5.74) is 14.2. The Balaban J connectivity index is 1.46. The van der Waals surface area contributed by atoms with Gasteiger partial charge in [-0.05, 0) is 55.0 Å². The molecule has 1 saturated heterocycles. The maximum absolute atomic E-state index is 8.83. The highest BCUT2D eigenvalue weighted by molar-refractivity contribution is 7.19. The van der Waals surface area contributed by atoms with Crippen LogP contribution >= 0.6 is 11.3 Å². The van der Waals surface area contributed by atoms with Crippen LogP contribution in [0.4, 0.5) is 10.1 Å². The van der Waals surface area contributed by atoms with Gasteiger partial charge in [-0.15, -0.1) is 0 Å². The fourth-order valence-electron chi connectivity index (χ4n) is 3.77. The number of ether oxygens (including phenoxy) is 3. The average molecular weight is 498 g/mol. The number of oxime groups is 1. The SMILES string of the molecule is CCCCC(Oc1ccc(C(N)=NO)cc1)Oc1ccc(-c2nc(N)sc2N2CCOCC2)cc1. The second-order valence-corrected chi connectivity index (χ2v) is 9.16. The minimum Gasteiger partial charge on any atom is -0.455 e. The van der Waals surface area contributed by atoms with Crippen molar-refractivity contribution in [2.24, 2.45) is 10.9 Å². The number of thiazole rings is 1. The summed E-state index contributed by atoms with van der Waals surface area (Å²) in [5, 5.41) is 13.5. The number of aromatic nitrogens is 1. The van der Waals surface area contributed by atoms with E-state index in [9.17, 15) is 0 Å². The second-order valence-electron chi connectivity index (χ2n) is 8.15. The number of benzene rings is 2. The first-order valence-electron chi connectivity index (χ1n) is 11.7. The van der Waals surface area contributed by atoms with Crippen LogP contribution in [0.15, 0.2) is 53.7 Å². The van der Waals surface area contributed by atoms with Crippen molar-refractivity contribution in [2.75, 3.05) is 36.9 Å². The van der Waals surface area contributed by atoms with E-state index >= 15 is 0 Å². The summed E-state index contributed by atoms with van der Waals surface area (Å²) in [6.07, 6.45) is 2.28. The molecule has 4 rings (SSSR count). The molecule has 2 aromatic carbocycles. The largest absolute Gasteiger partial charge is 0.455 e. The predicted molar refractivity (Wildman–Crippen MR) is 139 cm³/mol. The van der Waals surface area contributed by atoms with Crippen LogP contribution in [0.5, 0.6) is 11.5 Å². The summed E-state index contributed by atoms with van der Waals surface area (Å²) in [6.45, 7) is 5.19. The Bertz CT molecular complexity index is 1110. The first-order valence-corrected chi connectivity index (χ1v) is 12.5. The standard InChI is InChI=1S/C25H31N5O4S/c1-2-3-4-21(34-20-11-7-18(8-12-20)23(26)29-31)33-19-9-5-17(6-10-19)22-24(35-25(27)28-22)30-13-15-32-16-14-30/h5-12,21,31H,2-4,13-16H2,1H3,(H2,26,29)(H2,27,28). The molecule has 10 heteroatoms. The van der Waals surface area contributed by atoms with Gasteiger partial charge in [0.05, 0.1) is 13.2 Å². The predicted octanol–water partition coefficient (Wildman–Crippen LogP) is 4.30. The van der Waals surface area contributed by atoms with Gasteiger partial charge in [0.1, 0.15) is 22.2 Å². The lowest BCUT2D eigenvalue weighted by molar-refractivity contribution is -0.00211. The van der Waals surface area contributed by atoms with E-state index in [1.54, 1.807) is 24.3 Å². The van der Waals surface area contributed by atoms with E-state index in [0.29, 0.717) is 35.4 Å². The van der Waals surface area contributed by atoms with Crippen LogP contribution < -0.4 is 25.8 Å². The van der Waals surface area contributed by atoms with E-state index in [1.807, 2.05) is 24.3 Å². The van der Waals surface area contributed by atoms with Crippen LogP contribution in [0, 0.1) is 0 Å². The molecule has 35 heavy (non-hydrogen) atoms. The van der Waals surface area contributed by atoms with E-state index in [1.165, 1.54) is 11.3 Å². The topological polar surface area (TPSA) is 128 Å².